The number of carboxylic acids is 1. The van der Waals surface area contributed by atoms with Crippen molar-refractivity contribution in [2.75, 3.05) is 19.7 Å². The molecule has 12 heteroatoms. The minimum Gasteiger partial charge on any atom is -0.480 e. The summed E-state index contributed by atoms with van der Waals surface area (Å²) in [5.41, 5.74) is 5.67. The lowest BCUT2D eigenvalue weighted by molar-refractivity contribution is -0.237. The first-order chi connectivity index (χ1) is 13.5. The van der Waals surface area contributed by atoms with E-state index in [4.69, 9.17) is 20.7 Å². The monoisotopic (exact) mass is 427 g/mol. The van der Waals surface area contributed by atoms with E-state index in [1.165, 1.54) is 6.92 Å². The van der Waals surface area contributed by atoms with Gasteiger partial charge in [-0.2, -0.15) is 0 Å². The summed E-state index contributed by atoms with van der Waals surface area (Å²) in [6, 6.07) is -1.94. The highest BCUT2D eigenvalue weighted by Gasteiger charge is 2.48. The molecule has 0 aromatic rings. The molecular formula is C17H31F2N3O7. The van der Waals surface area contributed by atoms with Gasteiger partial charge in [0.2, 0.25) is 5.91 Å². The lowest BCUT2D eigenvalue weighted by atomic mass is 9.94. The fraction of sp³-hybridized carbons (Fsp3) is 0.882. The van der Waals surface area contributed by atoms with Gasteiger partial charge in [-0.05, 0) is 26.3 Å². The maximum Gasteiger partial charge on any atom is 0.325 e. The van der Waals surface area contributed by atoms with Crippen LogP contribution >= 0.6 is 0 Å². The number of aliphatic hydroxyl groups is 3. The highest BCUT2D eigenvalue weighted by molar-refractivity contribution is 5.86. The molecule has 0 bridgehead atoms. The molecule has 1 fully saturated rings. The van der Waals surface area contributed by atoms with Crippen LogP contribution in [0.5, 0.6) is 0 Å². The van der Waals surface area contributed by atoms with Crippen molar-refractivity contribution < 1.29 is 43.5 Å². The Hall–Kier alpha value is -1.44. The van der Waals surface area contributed by atoms with Crippen molar-refractivity contribution in [2.45, 2.75) is 75.0 Å². The maximum absolute atomic E-state index is 14.3. The van der Waals surface area contributed by atoms with Crippen LogP contribution in [0, 0.1) is 0 Å². The molecule has 6 unspecified atom stereocenters. The first kappa shape index (κ1) is 25.6. The molecule has 8 N–H and O–H groups in total. The SMILES string of the molecule is CC(NC(=O)C(N)CCCCNCC(F)(F)C1CC(O)C(O)C(CO)O1)C(=O)O. The molecule has 0 aliphatic carbocycles. The number of carbonyl (C=O) groups excluding carboxylic acids is 1. The van der Waals surface area contributed by atoms with E-state index in [1.807, 2.05) is 0 Å². The fourth-order valence-corrected chi connectivity index (χ4v) is 2.87. The number of alkyl halides is 2. The molecule has 1 heterocycles. The summed E-state index contributed by atoms with van der Waals surface area (Å²) in [4.78, 5) is 22.4. The molecule has 0 aromatic heterocycles. The van der Waals surface area contributed by atoms with Crippen LogP contribution in [0.1, 0.15) is 32.6 Å². The van der Waals surface area contributed by atoms with Gasteiger partial charge in [0, 0.05) is 6.42 Å². The van der Waals surface area contributed by atoms with Crippen molar-refractivity contribution in [3.63, 3.8) is 0 Å². The molecule has 10 nitrogen and oxygen atoms in total. The van der Waals surface area contributed by atoms with Crippen molar-refractivity contribution in [2.24, 2.45) is 5.73 Å². The molecule has 1 saturated heterocycles. The van der Waals surface area contributed by atoms with Crippen LogP contribution in [0.2, 0.25) is 0 Å². The number of amides is 1. The van der Waals surface area contributed by atoms with E-state index in [0.717, 1.165) is 0 Å². The van der Waals surface area contributed by atoms with E-state index in [9.17, 15) is 28.6 Å². The minimum atomic E-state index is -3.32. The fourth-order valence-electron chi connectivity index (χ4n) is 2.87. The predicted octanol–water partition coefficient (Wildman–Crippen LogP) is -1.83. The first-order valence-electron chi connectivity index (χ1n) is 9.49. The number of nitrogens with one attached hydrogen (secondary N) is 2. The molecule has 1 aliphatic rings. The van der Waals surface area contributed by atoms with Crippen LogP contribution in [0.3, 0.4) is 0 Å². The average molecular weight is 427 g/mol. The second-order valence-corrected chi connectivity index (χ2v) is 7.25. The topological polar surface area (TPSA) is 174 Å². The number of carbonyl (C=O) groups is 2. The second-order valence-electron chi connectivity index (χ2n) is 7.25. The molecule has 0 spiro atoms. The Kier molecular flexibility index (Phi) is 10.3. The lowest BCUT2D eigenvalue weighted by Gasteiger charge is -2.39. The molecule has 0 radical (unpaired) electrons. The van der Waals surface area contributed by atoms with Gasteiger partial charge in [-0.3, -0.25) is 9.59 Å². The molecule has 1 amide bonds. The highest BCUT2D eigenvalue weighted by atomic mass is 19.3. The van der Waals surface area contributed by atoms with Gasteiger partial charge in [0.1, 0.15) is 24.4 Å². The lowest BCUT2D eigenvalue weighted by Crippen LogP contribution is -2.56. The van der Waals surface area contributed by atoms with Crippen LogP contribution in [0.4, 0.5) is 8.78 Å². The number of ether oxygens (including phenoxy) is 1. The summed E-state index contributed by atoms with van der Waals surface area (Å²) in [5.74, 6) is -5.09. The van der Waals surface area contributed by atoms with Gasteiger partial charge in [-0.15, -0.1) is 0 Å². The number of rotatable bonds is 12. The Morgan fingerprint density at radius 1 is 1.31 bits per heavy atom. The van der Waals surface area contributed by atoms with E-state index >= 15 is 0 Å². The minimum absolute atomic E-state index is 0.219. The normalized spacial score (nSPS) is 27.3. The van der Waals surface area contributed by atoms with Gasteiger partial charge in [-0.1, -0.05) is 6.42 Å². The third-order valence-corrected chi connectivity index (χ3v) is 4.77. The summed E-state index contributed by atoms with van der Waals surface area (Å²) in [7, 11) is 0. The number of halogens is 2. The maximum atomic E-state index is 14.3. The van der Waals surface area contributed by atoms with E-state index in [-0.39, 0.29) is 13.0 Å². The largest absolute Gasteiger partial charge is 0.480 e. The quantitative estimate of drug-likeness (QED) is 0.177. The van der Waals surface area contributed by atoms with E-state index in [2.05, 4.69) is 10.6 Å². The number of carboxylic acid groups (broad SMARTS) is 1. The molecule has 0 saturated carbocycles. The van der Waals surface area contributed by atoms with Crippen molar-refractivity contribution in [1.82, 2.24) is 10.6 Å². The number of nitrogens with two attached hydrogens (primary N) is 1. The zero-order valence-corrected chi connectivity index (χ0v) is 16.3. The van der Waals surface area contributed by atoms with E-state index < -0.39 is 73.9 Å². The Labute approximate surface area is 167 Å². The number of unbranched alkanes of at least 4 members (excludes halogenated alkanes) is 1. The zero-order valence-electron chi connectivity index (χ0n) is 16.3. The third-order valence-electron chi connectivity index (χ3n) is 4.77. The molecule has 6 atom stereocenters. The van der Waals surface area contributed by atoms with Crippen molar-refractivity contribution in [3.8, 4) is 0 Å². The van der Waals surface area contributed by atoms with Gasteiger partial charge in [-0.25, -0.2) is 8.78 Å². The Morgan fingerprint density at radius 3 is 2.55 bits per heavy atom. The van der Waals surface area contributed by atoms with Gasteiger partial charge in [0.05, 0.1) is 25.3 Å². The first-order valence-corrected chi connectivity index (χ1v) is 9.49. The summed E-state index contributed by atoms with van der Waals surface area (Å²) in [6.07, 6.45) is -5.00. The number of hydrogen-bond donors (Lipinski definition) is 7. The van der Waals surface area contributed by atoms with Crippen LogP contribution in [-0.4, -0.2) is 94.4 Å². The number of aliphatic carboxylic acids is 1. The second kappa shape index (κ2) is 11.7. The standard InChI is InChI=1S/C17H31F2N3O7/c1-9(16(27)28)22-15(26)10(20)4-2-3-5-21-8-17(18,19)13-6-11(24)14(25)12(7-23)29-13/h9-14,21,23-25H,2-8,20H2,1H3,(H,22,26)(H,27,28). The molecule has 1 rings (SSSR count). The van der Waals surface area contributed by atoms with Crippen LogP contribution in [0.25, 0.3) is 0 Å². The Morgan fingerprint density at radius 2 is 1.97 bits per heavy atom. The Balaban J connectivity index is 2.28. The Bertz CT molecular complexity index is 541. The molecule has 29 heavy (non-hydrogen) atoms. The summed E-state index contributed by atoms with van der Waals surface area (Å²) in [5, 5.41) is 41.9. The zero-order chi connectivity index (χ0) is 22.2. The molecule has 1 aliphatic heterocycles. The van der Waals surface area contributed by atoms with Crippen molar-refractivity contribution in [1.29, 1.82) is 0 Å². The van der Waals surface area contributed by atoms with Gasteiger partial charge in [0.25, 0.3) is 5.92 Å². The summed E-state index contributed by atoms with van der Waals surface area (Å²) < 4.78 is 33.5. The van der Waals surface area contributed by atoms with Gasteiger partial charge < -0.3 is 41.5 Å². The van der Waals surface area contributed by atoms with Crippen molar-refractivity contribution in [3.05, 3.63) is 0 Å². The van der Waals surface area contributed by atoms with Gasteiger partial charge in [0.15, 0.2) is 0 Å². The molecular weight excluding hydrogens is 396 g/mol. The average Bonchev–Trinajstić information content (AvgIpc) is 2.65. The molecule has 170 valence electrons. The van der Waals surface area contributed by atoms with E-state index in [1.54, 1.807) is 0 Å². The van der Waals surface area contributed by atoms with Crippen molar-refractivity contribution >= 4 is 11.9 Å². The summed E-state index contributed by atoms with van der Waals surface area (Å²) >= 11 is 0. The van der Waals surface area contributed by atoms with Gasteiger partial charge >= 0.3 is 5.97 Å². The summed E-state index contributed by atoms with van der Waals surface area (Å²) in [6.45, 7) is 0.130. The smallest absolute Gasteiger partial charge is 0.325 e. The van der Waals surface area contributed by atoms with E-state index in [0.29, 0.717) is 12.8 Å². The number of aliphatic hydroxyl groups excluding tert-OH is 3. The molecule has 0 aromatic carbocycles. The van der Waals surface area contributed by atoms with Crippen LogP contribution < -0.4 is 16.4 Å². The third kappa shape index (κ3) is 8.07. The highest BCUT2D eigenvalue weighted by Crippen LogP contribution is 2.31. The van der Waals surface area contributed by atoms with Crippen LogP contribution in [0.15, 0.2) is 0 Å². The number of hydrogen-bond acceptors (Lipinski definition) is 8. The predicted molar refractivity (Wildman–Crippen MR) is 97.3 cm³/mol. The van der Waals surface area contributed by atoms with Crippen LogP contribution in [-0.2, 0) is 14.3 Å².